The second-order valence-electron chi connectivity index (χ2n) is 5.01. The molecular weight excluding hydrogens is 242 g/mol. The van der Waals surface area contributed by atoms with E-state index in [0.29, 0.717) is 24.1 Å². The Bertz CT molecular complexity index is 377. The van der Waals surface area contributed by atoms with Gasteiger partial charge < -0.3 is 19.9 Å². The van der Waals surface area contributed by atoms with E-state index in [9.17, 15) is 5.11 Å². The number of benzene rings is 1. The van der Waals surface area contributed by atoms with Crippen molar-refractivity contribution in [2.45, 2.75) is 37.8 Å². The molecule has 4 nitrogen and oxygen atoms in total. The van der Waals surface area contributed by atoms with Crippen LogP contribution in [0.4, 0.5) is 0 Å². The molecule has 0 heterocycles. The molecule has 0 amide bonds. The van der Waals surface area contributed by atoms with Crippen molar-refractivity contribution < 1.29 is 14.6 Å². The molecule has 0 saturated heterocycles. The molecule has 1 aliphatic carbocycles. The molecule has 1 saturated carbocycles. The Labute approximate surface area is 114 Å². The van der Waals surface area contributed by atoms with Gasteiger partial charge in [0.25, 0.3) is 0 Å². The molecule has 19 heavy (non-hydrogen) atoms. The fraction of sp³-hybridized carbons (Fsp3) is 0.600. The molecule has 1 aromatic rings. The van der Waals surface area contributed by atoms with Gasteiger partial charge in [0.05, 0.1) is 7.11 Å². The zero-order valence-corrected chi connectivity index (χ0v) is 11.5. The molecule has 106 valence electrons. The summed E-state index contributed by atoms with van der Waals surface area (Å²) in [6.45, 7) is 0.861. The molecular formula is C15H23NO3. The predicted octanol–water partition coefficient (Wildman–Crippen LogP) is 1.97. The van der Waals surface area contributed by atoms with Gasteiger partial charge in [-0.1, -0.05) is 25.0 Å². The molecule has 2 rings (SSSR count). The number of hydrogen-bond donors (Lipinski definition) is 2. The molecule has 2 N–H and O–H groups in total. The Morgan fingerprint density at radius 3 is 2.63 bits per heavy atom. The summed E-state index contributed by atoms with van der Waals surface area (Å²) in [5, 5.41) is 13.3. The lowest BCUT2D eigenvalue weighted by Gasteiger charge is -2.17. The molecule has 0 aromatic heterocycles. The highest BCUT2D eigenvalue weighted by molar-refractivity contribution is 5.39. The van der Waals surface area contributed by atoms with Crippen molar-refractivity contribution in [1.82, 2.24) is 5.32 Å². The van der Waals surface area contributed by atoms with E-state index >= 15 is 0 Å². The second-order valence-corrected chi connectivity index (χ2v) is 5.01. The third-order valence-corrected chi connectivity index (χ3v) is 3.50. The number of methoxy groups -OCH3 is 1. The highest BCUT2D eigenvalue weighted by atomic mass is 16.5. The Morgan fingerprint density at radius 2 is 1.95 bits per heavy atom. The molecule has 1 aromatic carbocycles. The van der Waals surface area contributed by atoms with Gasteiger partial charge in [0.1, 0.15) is 12.7 Å². The van der Waals surface area contributed by atoms with E-state index in [1.165, 1.54) is 25.7 Å². The minimum Gasteiger partial charge on any atom is -0.493 e. The fourth-order valence-electron chi connectivity index (χ4n) is 2.42. The molecule has 1 aliphatic rings. The summed E-state index contributed by atoms with van der Waals surface area (Å²) in [6.07, 6.45) is 4.54. The average Bonchev–Trinajstić information content (AvgIpc) is 2.96. The maximum Gasteiger partial charge on any atom is 0.161 e. The maximum atomic E-state index is 9.91. The summed E-state index contributed by atoms with van der Waals surface area (Å²) in [6, 6.07) is 8.04. The Kier molecular flexibility index (Phi) is 5.48. The summed E-state index contributed by atoms with van der Waals surface area (Å²) in [5.41, 5.74) is 0. The smallest absolute Gasteiger partial charge is 0.161 e. The van der Waals surface area contributed by atoms with Crippen molar-refractivity contribution in [1.29, 1.82) is 0 Å². The van der Waals surface area contributed by atoms with Crippen LogP contribution < -0.4 is 14.8 Å². The molecule has 4 heteroatoms. The average molecular weight is 265 g/mol. The topological polar surface area (TPSA) is 50.7 Å². The molecule has 1 fully saturated rings. The third-order valence-electron chi connectivity index (χ3n) is 3.50. The van der Waals surface area contributed by atoms with Crippen LogP contribution in [0.2, 0.25) is 0 Å². The van der Waals surface area contributed by atoms with Gasteiger partial charge in [0, 0.05) is 12.6 Å². The molecule has 0 bridgehead atoms. The van der Waals surface area contributed by atoms with Gasteiger partial charge in [-0.05, 0) is 25.0 Å². The van der Waals surface area contributed by atoms with E-state index < -0.39 is 6.10 Å². The lowest BCUT2D eigenvalue weighted by molar-refractivity contribution is 0.102. The first-order valence-electron chi connectivity index (χ1n) is 6.97. The van der Waals surface area contributed by atoms with Crippen LogP contribution >= 0.6 is 0 Å². The largest absolute Gasteiger partial charge is 0.493 e. The molecule has 0 aliphatic heterocycles. The van der Waals surface area contributed by atoms with Gasteiger partial charge in [-0.15, -0.1) is 0 Å². The van der Waals surface area contributed by atoms with Crippen molar-refractivity contribution >= 4 is 0 Å². The minimum absolute atomic E-state index is 0.278. The second kappa shape index (κ2) is 7.36. The molecule has 0 unspecified atom stereocenters. The summed E-state index contributed by atoms with van der Waals surface area (Å²) in [4.78, 5) is 0. The van der Waals surface area contributed by atoms with Crippen LogP contribution in [0.5, 0.6) is 11.5 Å². The van der Waals surface area contributed by atoms with Crippen molar-refractivity contribution in [3.05, 3.63) is 24.3 Å². The van der Waals surface area contributed by atoms with Crippen LogP contribution in [-0.2, 0) is 0 Å². The highest BCUT2D eigenvalue weighted by Crippen LogP contribution is 2.25. The quantitative estimate of drug-likeness (QED) is 0.791. The van der Waals surface area contributed by atoms with Crippen molar-refractivity contribution in [2.24, 2.45) is 0 Å². The van der Waals surface area contributed by atoms with Gasteiger partial charge >= 0.3 is 0 Å². The standard InChI is InChI=1S/C15H23NO3/c1-18-14-8-4-5-9-15(14)19-11-13(17)10-16-12-6-2-3-7-12/h4-5,8-9,12-13,16-17H,2-3,6-7,10-11H2,1H3/t13-/m1/s1. The zero-order chi connectivity index (χ0) is 13.5. The lowest BCUT2D eigenvalue weighted by Crippen LogP contribution is -2.36. The molecule has 1 atom stereocenters. The number of hydrogen-bond acceptors (Lipinski definition) is 4. The summed E-state index contributed by atoms with van der Waals surface area (Å²) in [5.74, 6) is 1.36. The van der Waals surface area contributed by atoms with E-state index in [4.69, 9.17) is 9.47 Å². The van der Waals surface area contributed by atoms with Gasteiger partial charge in [-0.25, -0.2) is 0 Å². The predicted molar refractivity (Wildman–Crippen MR) is 74.8 cm³/mol. The van der Waals surface area contributed by atoms with Crippen LogP contribution in [0.3, 0.4) is 0 Å². The summed E-state index contributed by atoms with van der Waals surface area (Å²) < 4.78 is 10.8. The number of para-hydroxylation sites is 2. The van der Waals surface area contributed by atoms with Gasteiger partial charge in [-0.2, -0.15) is 0 Å². The first-order valence-corrected chi connectivity index (χ1v) is 6.97. The number of rotatable bonds is 7. The van der Waals surface area contributed by atoms with Crippen molar-refractivity contribution in [2.75, 3.05) is 20.3 Å². The number of ether oxygens (including phenoxy) is 2. The first kappa shape index (κ1) is 14.2. The Balaban J connectivity index is 1.71. The van der Waals surface area contributed by atoms with E-state index in [0.717, 1.165) is 0 Å². The summed E-state index contributed by atoms with van der Waals surface area (Å²) >= 11 is 0. The number of nitrogens with one attached hydrogen (secondary N) is 1. The third kappa shape index (κ3) is 4.40. The number of aliphatic hydroxyl groups is 1. The lowest BCUT2D eigenvalue weighted by atomic mass is 10.2. The van der Waals surface area contributed by atoms with E-state index in [-0.39, 0.29) is 6.61 Å². The summed E-state index contributed by atoms with van der Waals surface area (Å²) in [7, 11) is 1.61. The first-order chi connectivity index (χ1) is 9.29. The van der Waals surface area contributed by atoms with Crippen LogP contribution in [0, 0.1) is 0 Å². The Morgan fingerprint density at radius 1 is 1.26 bits per heavy atom. The highest BCUT2D eigenvalue weighted by Gasteiger charge is 2.16. The maximum absolute atomic E-state index is 9.91. The molecule has 0 radical (unpaired) electrons. The van der Waals surface area contributed by atoms with E-state index in [1.54, 1.807) is 7.11 Å². The van der Waals surface area contributed by atoms with Crippen LogP contribution in [0.25, 0.3) is 0 Å². The van der Waals surface area contributed by atoms with Crippen LogP contribution in [-0.4, -0.2) is 37.5 Å². The van der Waals surface area contributed by atoms with Crippen molar-refractivity contribution in [3.8, 4) is 11.5 Å². The van der Waals surface area contributed by atoms with Gasteiger partial charge in [0.15, 0.2) is 11.5 Å². The SMILES string of the molecule is COc1ccccc1OC[C@H](O)CNC1CCCC1. The van der Waals surface area contributed by atoms with Gasteiger partial charge in [-0.3, -0.25) is 0 Å². The van der Waals surface area contributed by atoms with Crippen LogP contribution in [0.15, 0.2) is 24.3 Å². The fourth-order valence-corrected chi connectivity index (χ4v) is 2.42. The van der Waals surface area contributed by atoms with Crippen molar-refractivity contribution in [3.63, 3.8) is 0 Å². The zero-order valence-electron chi connectivity index (χ0n) is 11.5. The normalized spacial score (nSPS) is 17.4. The minimum atomic E-state index is -0.495. The van der Waals surface area contributed by atoms with Gasteiger partial charge in [0.2, 0.25) is 0 Å². The monoisotopic (exact) mass is 265 g/mol. The molecule has 0 spiro atoms. The van der Waals surface area contributed by atoms with E-state index in [2.05, 4.69) is 5.32 Å². The van der Waals surface area contributed by atoms with E-state index in [1.807, 2.05) is 24.3 Å². The Hall–Kier alpha value is -1.26. The number of aliphatic hydroxyl groups excluding tert-OH is 1. The van der Waals surface area contributed by atoms with Crippen LogP contribution in [0.1, 0.15) is 25.7 Å².